The Labute approximate surface area is 129 Å². The summed E-state index contributed by atoms with van der Waals surface area (Å²) in [6, 6.07) is 6.03. The van der Waals surface area contributed by atoms with Crippen molar-refractivity contribution < 1.29 is 4.79 Å². The fraction of sp³-hybridized carbons (Fsp3) is 0.438. The van der Waals surface area contributed by atoms with Crippen molar-refractivity contribution in [2.75, 3.05) is 11.4 Å². The van der Waals surface area contributed by atoms with Gasteiger partial charge >= 0.3 is 0 Å². The van der Waals surface area contributed by atoms with Crippen molar-refractivity contribution in [1.82, 2.24) is 9.97 Å². The third kappa shape index (κ3) is 3.67. The Hall–Kier alpha value is -1.75. The molecule has 21 heavy (non-hydrogen) atoms. The molecular weight excluding hydrogens is 282 g/mol. The van der Waals surface area contributed by atoms with Crippen molar-refractivity contribution in [3.63, 3.8) is 0 Å². The number of anilines is 1. The van der Waals surface area contributed by atoms with Crippen LogP contribution in [0.25, 0.3) is 0 Å². The summed E-state index contributed by atoms with van der Waals surface area (Å²) < 4.78 is 0. The van der Waals surface area contributed by atoms with Crippen molar-refractivity contribution in [2.45, 2.75) is 40.2 Å². The van der Waals surface area contributed by atoms with Gasteiger partial charge in [0.25, 0.3) is 0 Å². The molecule has 2 aromatic heterocycles. The van der Waals surface area contributed by atoms with Gasteiger partial charge in [-0.15, -0.1) is 0 Å². The molecule has 0 fully saturated rings. The Morgan fingerprint density at radius 1 is 1.33 bits per heavy atom. The van der Waals surface area contributed by atoms with Crippen LogP contribution in [-0.2, 0) is 6.54 Å². The van der Waals surface area contributed by atoms with Crippen LogP contribution in [-0.4, -0.2) is 22.8 Å². The number of aromatic nitrogens is 2. The summed E-state index contributed by atoms with van der Waals surface area (Å²) in [4.78, 5) is 23.3. The number of aryl methyl sites for hydroxylation is 1. The largest absolute Gasteiger partial charge is 0.342 e. The van der Waals surface area contributed by atoms with Gasteiger partial charge in [0, 0.05) is 12.2 Å². The van der Waals surface area contributed by atoms with E-state index in [1.807, 2.05) is 25.1 Å². The van der Waals surface area contributed by atoms with Crippen LogP contribution in [0.3, 0.4) is 0 Å². The standard InChI is InChI=1S/C16H21N3OS/c1-5-19(9-13-8-6-7-12(4)17-13)16-18-15(11(2)3)14(10-20)21-16/h6-8,10-11H,5,9H2,1-4H3. The third-order valence-corrected chi connectivity index (χ3v) is 4.33. The highest BCUT2D eigenvalue weighted by molar-refractivity contribution is 7.17. The van der Waals surface area contributed by atoms with E-state index in [1.165, 1.54) is 11.3 Å². The summed E-state index contributed by atoms with van der Waals surface area (Å²) in [7, 11) is 0. The number of aldehydes is 1. The highest BCUT2D eigenvalue weighted by Gasteiger charge is 2.17. The molecule has 0 saturated carbocycles. The molecule has 0 N–H and O–H groups in total. The number of thiazole rings is 1. The van der Waals surface area contributed by atoms with E-state index in [2.05, 4.69) is 35.6 Å². The first-order valence-electron chi connectivity index (χ1n) is 7.18. The van der Waals surface area contributed by atoms with Gasteiger partial charge in [-0.2, -0.15) is 0 Å². The van der Waals surface area contributed by atoms with Crippen molar-refractivity contribution in [2.24, 2.45) is 0 Å². The predicted octanol–water partition coefficient (Wildman–Crippen LogP) is 3.81. The molecule has 2 rings (SSSR count). The van der Waals surface area contributed by atoms with Gasteiger partial charge in [-0.1, -0.05) is 31.3 Å². The SMILES string of the molecule is CCN(Cc1cccc(C)n1)c1nc(C(C)C)c(C=O)s1. The van der Waals surface area contributed by atoms with Crippen molar-refractivity contribution >= 4 is 22.8 Å². The lowest BCUT2D eigenvalue weighted by atomic mass is 10.1. The van der Waals surface area contributed by atoms with E-state index in [4.69, 9.17) is 0 Å². The number of carbonyl (C=O) groups is 1. The molecule has 2 heterocycles. The Morgan fingerprint density at radius 3 is 2.62 bits per heavy atom. The number of rotatable bonds is 6. The average molecular weight is 303 g/mol. The van der Waals surface area contributed by atoms with Crippen LogP contribution in [0, 0.1) is 6.92 Å². The molecule has 112 valence electrons. The fourth-order valence-electron chi connectivity index (χ4n) is 2.16. The highest BCUT2D eigenvalue weighted by Crippen LogP contribution is 2.30. The maximum absolute atomic E-state index is 11.2. The van der Waals surface area contributed by atoms with E-state index in [0.29, 0.717) is 6.54 Å². The molecule has 0 bridgehead atoms. The predicted molar refractivity (Wildman–Crippen MR) is 87.3 cm³/mol. The zero-order valence-electron chi connectivity index (χ0n) is 13.0. The van der Waals surface area contributed by atoms with Gasteiger partial charge in [-0.25, -0.2) is 4.98 Å². The lowest BCUT2D eigenvalue weighted by Gasteiger charge is -2.19. The van der Waals surface area contributed by atoms with E-state index in [9.17, 15) is 4.79 Å². The van der Waals surface area contributed by atoms with Gasteiger partial charge in [0.2, 0.25) is 0 Å². The summed E-state index contributed by atoms with van der Waals surface area (Å²) in [5.41, 5.74) is 2.92. The second kappa shape index (κ2) is 6.80. The maximum Gasteiger partial charge on any atom is 0.186 e. The summed E-state index contributed by atoms with van der Waals surface area (Å²) in [6.45, 7) is 9.74. The van der Waals surface area contributed by atoms with Crippen LogP contribution < -0.4 is 4.90 Å². The number of hydrogen-bond acceptors (Lipinski definition) is 5. The summed E-state index contributed by atoms with van der Waals surface area (Å²) in [5, 5.41) is 0.895. The minimum atomic E-state index is 0.256. The van der Waals surface area contributed by atoms with Gasteiger partial charge in [0.15, 0.2) is 11.4 Å². The normalized spacial score (nSPS) is 10.9. The minimum Gasteiger partial charge on any atom is -0.342 e. The molecule has 2 aromatic rings. The monoisotopic (exact) mass is 303 g/mol. The third-order valence-electron chi connectivity index (χ3n) is 3.27. The number of pyridine rings is 1. The van der Waals surface area contributed by atoms with Gasteiger partial charge in [0.1, 0.15) is 0 Å². The molecule has 0 atom stereocenters. The van der Waals surface area contributed by atoms with Gasteiger partial charge in [-0.3, -0.25) is 9.78 Å². The van der Waals surface area contributed by atoms with Crippen molar-refractivity contribution in [3.05, 3.63) is 40.2 Å². The Kier molecular flexibility index (Phi) is 5.07. The Morgan fingerprint density at radius 2 is 2.10 bits per heavy atom. The smallest absolute Gasteiger partial charge is 0.186 e. The highest BCUT2D eigenvalue weighted by atomic mass is 32.1. The zero-order chi connectivity index (χ0) is 15.4. The number of carbonyl (C=O) groups excluding carboxylic acids is 1. The first-order valence-corrected chi connectivity index (χ1v) is 8.00. The van der Waals surface area contributed by atoms with E-state index >= 15 is 0 Å². The van der Waals surface area contributed by atoms with Crippen molar-refractivity contribution in [1.29, 1.82) is 0 Å². The van der Waals surface area contributed by atoms with Crippen LogP contribution >= 0.6 is 11.3 Å². The molecule has 0 aliphatic carbocycles. The molecule has 4 nitrogen and oxygen atoms in total. The fourth-order valence-corrected chi connectivity index (χ4v) is 3.26. The number of hydrogen-bond donors (Lipinski definition) is 0. The molecule has 0 aliphatic heterocycles. The zero-order valence-corrected chi connectivity index (χ0v) is 13.8. The van der Waals surface area contributed by atoms with Gasteiger partial charge in [0.05, 0.1) is 22.8 Å². The van der Waals surface area contributed by atoms with Gasteiger partial charge in [-0.05, 0) is 31.9 Å². The van der Waals surface area contributed by atoms with Crippen LogP contribution in [0.5, 0.6) is 0 Å². The second-order valence-electron chi connectivity index (χ2n) is 5.30. The van der Waals surface area contributed by atoms with E-state index in [1.54, 1.807) is 0 Å². The van der Waals surface area contributed by atoms with Crippen LogP contribution in [0.4, 0.5) is 5.13 Å². The van der Waals surface area contributed by atoms with E-state index in [0.717, 1.165) is 39.9 Å². The summed E-state index contributed by atoms with van der Waals surface area (Å²) in [6.07, 6.45) is 0.912. The molecular formula is C16H21N3OS. The van der Waals surface area contributed by atoms with Crippen molar-refractivity contribution in [3.8, 4) is 0 Å². The van der Waals surface area contributed by atoms with E-state index < -0.39 is 0 Å². The summed E-state index contributed by atoms with van der Waals surface area (Å²) in [5.74, 6) is 0.256. The molecule has 0 aliphatic rings. The second-order valence-corrected chi connectivity index (χ2v) is 6.31. The topological polar surface area (TPSA) is 46.1 Å². The maximum atomic E-state index is 11.2. The number of nitrogens with zero attached hydrogens (tertiary/aromatic N) is 3. The minimum absolute atomic E-state index is 0.256. The summed E-state index contributed by atoms with van der Waals surface area (Å²) >= 11 is 1.46. The first kappa shape index (κ1) is 15.6. The Balaban J connectivity index is 2.27. The molecule has 0 unspecified atom stereocenters. The van der Waals surface area contributed by atoms with E-state index in [-0.39, 0.29) is 5.92 Å². The van der Waals surface area contributed by atoms with Crippen LogP contribution in [0.15, 0.2) is 18.2 Å². The Bertz CT molecular complexity index is 622. The molecule has 0 radical (unpaired) electrons. The first-order chi connectivity index (χ1) is 10.0. The quantitative estimate of drug-likeness (QED) is 0.761. The average Bonchev–Trinajstić information content (AvgIpc) is 2.89. The lowest BCUT2D eigenvalue weighted by molar-refractivity contribution is 0.112. The molecule has 5 heteroatoms. The molecule has 0 saturated heterocycles. The molecule has 0 spiro atoms. The molecule has 0 aromatic carbocycles. The lowest BCUT2D eigenvalue weighted by Crippen LogP contribution is -2.22. The van der Waals surface area contributed by atoms with Gasteiger partial charge < -0.3 is 4.90 Å². The van der Waals surface area contributed by atoms with Crippen LogP contribution in [0.1, 0.15) is 53.4 Å². The van der Waals surface area contributed by atoms with Crippen LogP contribution in [0.2, 0.25) is 0 Å². The molecule has 0 amide bonds.